The Hall–Kier alpha value is -0.120. The molecule has 3 N–H and O–H groups in total. The van der Waals surface area contributed by atoms with Crippen LogP contribution in [0.3, 0.4) is 0 Å². The van der Waals surface area contributed by atoms with Crippen LogP contribution in [0.4, 0.5) is 0 Å². The van der Waals surface area contributed by atoms with Gasteiger partial charge in [0, 0.05) is 0 Å². The molecule has 3 heteroatoms. The normalized spacial score (nSPS) is 56.1. The molecule has 0 aromatic carbocycles. The molecule has 0 unspecified atom stereocenters. The molecule has 0 aromatic heterocycles. The van der Waals surface area contributed by atoms with Crippen molar-refractivity contribution in [1.82, 2.24) is 0 Å². The monoisotopic (exact) mass is 378 g/mol. The first kappa shape index (κ1) is 20.2. The molecule has 11 atom stereocenters. The van der Waals surface area contributed by atoms with Crippen LogP contribution in [-0.4, -0.2) is 33.6 Å². The van der Waals surface area contributed by atoms with Crippen molar-refractivity contribution < 1.29 is 15.3 Å². The second-order valence-corrected chi connectivity index (χ2v) is 11.3. The van der Waals surface area contributed by atoms with Gasteiger partial charge < -0.3 is 15.3 Å². The Morgan fingerprint density at radius 2 is 1.70 bits per heavy atom. The van der Waals surface area contributed by atoms with Crippen molar-refractivity contribution >= 4 is 0 Å². The van der Waals surface area contributed by atoms with Crippen LogP contribution in [0.1, 0.15) is 85.5 Å². The maximum atomic E-state index is 11.5. The van der Waals surface area contributed by atoms with Crippen LogP contribution in [0.5, 0.6) is 0 Å². The summed E-state index contributed by atoms with van der Waals surface area (Å²) in [7, 11) is 0. The molecule has 0 aromatic rings. The van der Waals surface area contributed by atoms with Crippen molar-refractivity contribution in [3.63, 3.8) is 0 Å². The van der Waals surface area contributed by atoms with E-state index < -0.39 is 0 Å². The average Bonchev–Trinajstić information content (AvgIpc) is 2.96. The number of hydrogen-bond donors (Lipinski definition) is 3. The number of aliphatic hydroxyl groups excluding tert-OH is 3. The highest BCUT2D eigenvalue weighted by Gasteiger charge is 2.65. The molecule has 0 saturated heterocycles. The lowest BCUT2D eigenvalue weighted by atomic mass is 9.43. The van der Waals surface area contributed by atoms with E-state index in [-0.39, 0.29) is 29.1 Å². The van der Waals surface area contributed by atoms with Gasteiger partial charge in [-0.25, -0.2) is 0 Å². The lowest BCUT2D eigenvalue weighted by Gasteiger charge is -2.63. The van der Waals surface area contributed by atoms with Gasteiger partial charge in [-0.15, -0.1) is 0 Å². The first-order valence-electron chi connectivity index (χ1n) is 11.8. The van der Waals surface area contributed by atoms with Crippen LogP contribution >= 0.6 is 0 Å². The van der Waals surface area contributed by atoms with Gasteiger partial charge in [-0.3, -0.25) is 0 Å². The summed E-state index contributed by atoms with van der Waals surface area (Å²) >= 11 is 0. The van der Waals surface area contributed by atoms with Crippen molar-refractivity contribution in [2.75, 3.05) is 0 Å². The summed E-state index contributed by atoms with van der Waals surface area (Å²) in [6, 6.07) is 0. The van der Waals surface area contributed by atoms with Crippen LogP contribution in [0.15, 0.2) is 0 Å². The van der Waals surface area contributed by atoms with E-state index in [9.17, 15) is 15.3 Å². The second kappa shape index (κ2) is 6.99. The Balaban J connectivity index is 1.66. The molecule has 4 fully saturated rings. The molecular formula is C24H42O3. The molecule has 27 heavy (non-hydrogen) atoms. The fourth-order valence-corrected chi connectivity index (χ4v) is 8.79. The van der Waals surface area contributed by atoms with Gasteiger partial charge in [-0.2, -0.15) is 0 Å². The van der Waals surface area contributed by atoms with Gasteiger partial charge >= 0.3 is 0 Å². The molecule has 4 aliphatic carbocycles. The van der Waals surface area contributed by atoms with Gasteiger partial charge in [-0.05, 0) is 91.3 Å². The predicted molar refractivity (Wildman–Crippen MR) is 108 cm³/mol. The minimum absolute atomic E-state index is 0.0336. The van der Waals surface area contributed by atoms with E-state index in [2.05, 4.69) is 27.7 Å². The fraction of sp³-hybridized carbons (Fsp3) is 1.00. The third-order valence-electron chi connectivity index (χ3n) is 10.3. The minimum atomic E-state index is -0.254. The van der Waals surface area contributed by atoms with Crippen LogP contribution in [0, 0.1) is 46.3 Å². The van der Waals surface area contributed by atoms with E-state index >= 15 is 0 Å². The van der Waals surface area contributed by atoms with Crippen molar-refractivity contribution in [2.24, 2.45) is 46.3 Å². The average molecular weight is 379 g/mol. The molecule has 4 saturated carbocycles. The van der Waals surface area contributed by atoms with Crippen molar-refractivity contribution in [1.29, 1.82) is 0 Å². The van der Waals surface area contributed by atoms with E-state index in [4.69, 9.17) is 0 Å². The summed E-state index contributed by atoms with van der Waals surface area (Å²) in [6.07, 6.45) is 8.64. The standard InChI is InChI=1S/C24H42O3/c1-5-6-14(2)17-7-8-18-22-19(13-21(27)24(17,18)4)23(3)10-9-16(25)11-15(23)12-20(22)26/h14-22,25-27H,5-13H2,1-4H3/t14-,15+,16-,17-,18+,19+,20-,21+,22+,23+,24-/m1/s1. The van der Waals surface area contributed by atoms with E-state index in [1.54, 1.807) is 0 Å². The SMILES string of the molecule is CCC[C@@H](C)[C@H]1CC[C@H]2[C@@H]3[C@H](O)C[C@@H]4C[C@H](O)CC[C@]4(C)[C@H]3C[C@H](O)[C@]12C. The zero-order valence-corrected chi connectivity index (χ0v) is 17.9. The molecule has 0 heterocycles. The quantitative estimate of drug-likeness (QED) is 0.683. The zero-order valence-electron chi connectivity index (χ0n) is 17.9. The summed E-state index contributed by atoms with van der Waals surface area (Å²) in [5, 5.41) is 32.9. The number of fused-ring (bicyclic) bond motifs is 5. The molecular weight excluding hydrogens is 336 g/mol. The van der Waals surface area contributed by atoms with Crippen LogP contribution in [0.25, 0.3) is 0 Å². The molecule has 0 amide bonds. The lowest BCUT2D eigenvalue weighted by Crippen LogP contribution is -2.62. The largest absolute Gasteiger partial charge is 0.393 e. The van der Waals surface area contributed by atoms with E-state index in [1.807, 2.05) is 0 Å². The van der Waals surface area contributed by atoms with E-state index in [0.717, 1.165) is 32.1 Å². The second-order valence-electron chi connectivity index (χ2n) is 11.3. The molecule has 0 aliphatic heterocycles. The molecule has 0 radical (unpaired) electrons. The number of aliphatic hydroxyl groups is 3. The highest BCUT2D eigenvalue weighted by molar-refractivity contribution is 5.14. The highest BCUT2D eigenvalue weighted by Crippen LogP contribution is 2.68. The van der Waals surface area contributed by atoms with Crippen molar-refractivity contribution in [2.45, 2.75) is 104 Å². The van der Waals surface area contributed by atoms with Gasteiger partial charge in [0.15, 0.2) is 0 Å². The Kier molecular flexibility index (Phi) is 5.22. The predicted octanol–water partition coefficient (Wildman–Crippen LogP) is 4.38. The third-order valence-corrected chi connectivity index (χ3v) is 10.3. The summed E-state index contributed by atoms with van der Waals surface area (Å²) in [6.45, 7) is 9.42. The molecule has 156 valence electrons. The molecule has 0 spiro atoms. The van der Waals surface area contributed by atoms with Crippen molar-refractivity contribution in [3.8, 4) is 0 Å². The molecule has 4 rings (SSSR count). The maximum Gasteiger partial charge on any atom is 0.0602 e. The van der Waals surface area contributed by atoms with Crippen molar-refractivity contribution in [3.05, 3.63) is 0 Å². The maximum absolute atomic E-state index is 11.5. The van der Waals surface area contributed by atoms with Crippen LogP contribution in [-0.2, 0) is 0 Å². The lowest BCUT2D eigenvalue weighted by molar-refractivity contribution is -0.207. The van der Waals surface area contributed by atoms with Gasteiger partial charge in [0.2, 0.25) is 0 Å². The molecule has 3 nitrogen and oxygen atoms in total. The van der Waals surface area contributed by atoms with Gasteiger partial charge in [0.25, 0.3) is 0 Å². The molecule has 0 bridgehead atoms. The van der Waals surface area contributed by atoms with Gasteiger partial charge in [0.05, 0.1) is 18.3 Å². The summed E-state index contributed by atoms with van der Waals surface area (Å²) in [4.78, 5) is 0. The van der Waals surface area contributed by atoms with E-state index in [1.165, 1.54) is 25.7 Å². The Bertz CT molecular complexity index is 550. The first-order chi connectivity index (χ1) is 12.7. The Labute approximate surface area is 165 Å². The minimum Gasteiger partial charge on any atom is -0.393 e. The van der Waals surface area contributed by atoms with Gasteiger partial charge in [0.1, 0.15) is 0 Å². The Morgan fingerprint density at radius 1 is 0.963 bits per heavy atom. The summed E-state index contributed by atoms with van der Waals surface area (Å²) in [5.41, 5.74) is 0.146. The number of hydrogen-bond acceptors (Lipinski definition) is 3. The first-order valence-corrected chi connectivity index (χ1v) is 11.8. The summed E-state index contributed by atoms with van der Waals surface area (Å²) in [5.74, 6) is 2.86. The Morgan fingerprint density at radius 3 is 2.41 bits per heavy atom. The van der Waals surface area contributed by atoms with Gasteiger partial charge in [-0.1, -0.05) is 40.5 Å². The topological polar surface area (TPSA) is 60.7 Å². The van der Waals surface area contributed by atoms with Crippen LogP contribution < -0.4 is 0 Å². The summed E-state index contributed by atoms with van der Waals surface area (Å²) < 4.78 is 0. The third kappa shape index (κ3) is 2.86. The molecule has 4 aliphatic rings. The highest BCUT2D eigenvalue weighted by atomic mass is 16.3. The number of rotatable bonds is 3. The van der Waals surface area contributed by atoms with Crippen LogP contribution in [0.2, 0.25) is 0 Å². The fourth-order valence-electron chi connectivity index (χ4n) is 8.79. The van der Waals surface area contributed by atoms with E-state index in [0.29, 0.717) is 35.5 Å². The smallest absolute Gasteiger partial charge is 0.0602 e. The zero-order chi connectivity index (χ0) is 19.6.